The first-order valence-corrected chi connectivity index (χ1v) is 4.90. The Morgan fingerprint density at radius 3 is 2.61 bits per heavy atom. The van der Waals surface area contributed by atoms with Gasteiger partial charge in [-0.1, -0.05) is 5.92 Å². The standard InChI is InChI=1S/C12H9F4NO/c1-2-5-17-7-11(18)8-3-4-10(13)9(6-8)12(14,15)16/h1,3-4,6,17H,5,7H2. The lowest BCUT2D eigenvalue weighted by Crippen LogP contribution is -2.23. The zero-order valence-electron chi connectivity index (χ0n) is 9.14. The third-order valence-corrected chi connectivity index (χ3v) is 2.11. The van der Waals surface area contributed by atoms with E-state index in [-0.39, 0.29) is 18.7 Å². The van der Waals surface area contributed by atoms with Gasteiger partial charge in [0, 0.05) is 5.56 Å². The number of benzene rings is 1. The van der Waals surface area contributed by atoms with Crippen LogP contribution < -0.4 is 5.32 Å². The largest absolute Gasteiger partial charge is 0.419 e. The number of halogens is 4. The van der Waals surface area contributed by atoms with Crippen LogP contribution in [-0.2, 0) is 6.18 Å². The Labute approximate surface area is 101 Å². The van der Waals surface area contributed by atoms with Crippen molar-refractivity contribution in [3.8, 4) is 12.3 Å². The van der Waals surface area contributed by atoms with Crippen LogP contribution in [0.1, 0.15) is 15.9 Å². The molecule has 0 aliphatic heterocycles. The molecule has 0 aliphatic rings. The Morgan fingerprint density at radius 1 is 1.39 bits per heavy atom. The quantitative estimate of drug-likeness (QED) is 0.389. The molecule has 96 valence electrons. The Kier molecular flexibility index (Phi) is 4.45. The first-order valence-electron chi connectivity index (χ1n) is 4.90. The van der Waals surface area contributed by atoms with Crippen molar-refractivity contribution in [3.63, 3.8) is 0 Å². The number of hydrogen-bond acceptors (Lipinski definition) is 2. The number of nitrogens with one attached hydrogen (secondary N) is 1. The van der Waals surface area contributed by atoms with Gasteiger partial charge >= 0.3 is 6.18 Å². The fraction of sp³-hybridized carbons (Fsp3) is 0.250. The number of alkyl halides is 3. The third kappa shape index (κ3) is 3.57. The van der Waals surface area contributed by atoms with E-state index >= 15 is 0 Å². The van der Waals surface area contributed by atoms with Crippen molar-refractivity contribution in [1.82, 2.24) is 5.32 Å². The van der Waals surface area contributed by atoms with Crippen molar-refractivity contribution >= 4 is 5.78 Å². The Balaban J connectivity index is 2.92. The van der Waals surface area contributed by atoms with Crippen LogP contribution in [0.5, 0.6) is 0 Å². The normalized spacial score (nSPS) is 11.1. The molecule has 0 radical (unpaired) electrons. The number of ketones is 1. The van der Waals surface area contributed by atoms with Crippen molar-refractivity contribution < 1.29 is 22.4 Å². The summed E-state index contributed by atoms with van der Waals surface area (Å²) < 4.78 is 50.2. The lowest BCUT2D eigenvalue weighted by molar-refractivity contribution is -0.140. The SMILES string of the molecule is C#CCNCC(=O)c1ccc(F)c(C(F)(F)F)c1. The van der Waals surface area contributed by atoms with Crippen LogP contribution in [0.15, 0.2) is 18.2 Å². The monoisotopic (exact) mass is 259 g/mol. The average Bonchev–Trinajstić information content (AvgIpc) is 2.28. The Morgan fingerprint density at radius 2 is 2.06 bits per heavy atom. The van der Waals surface area contributed by atoms with Gasteiger partial charge in [0.1, 0.15) is 5.82 Å². The van der Waals surface area contributed by atoms with Gasteiger partial charge in [-0.05, 0) is 18.2 Å². The van der Waals surface area contributed by atoms with E-state index in [1.165, 1.54) is 0 Å². The highest BCUT2D eigenvalue weighted by molar-refractivity contribution is 5.97. The third-order valence-electron chi connectivity index (χ3n) is 2.11. The summed E-state index contributed by atoms with van der Waals surface area (Å²) >= 11 is 0. The topological polar surface area (TPSA) is 29.1 Å². The van der Waals surface area contributed by atoms with Crippen molar-refractivity contribution in [2.45, 2.75) is 6.18 Å². The molecule has 1 aromatic carbocycles. The molecule has 0 aromatic heterocycles. The predicted molar refractivity (Wildman–Crippen MR) is 57.4 cm³/mol. The molecule has 0 bridgehead atoms. The van der Waals surface area contributed by atoms with Crippen LogP contribution >= 0.6 is 0 Å². The number of terminal acetylenes is 1. The van der Waals surface area contributed by atoms with Gasteiger partial charge in [0.15, 0.2) is 5.78 Å². The fourth-order valence-electron chi connectivity index (χ4n) is 1.27. The van der Waals surface area contributed by atoms with E-state index in [1.54, 1.807) is 0 Å². The molecule has 0 atom stereocenters. The minimum Gasteiger partial charge on any atom is -0.299 e. The molecular formula is C12H9F4NO. The van der Waals surface area contributed by atoms with E-state index in [1.807, 2.05) is 0 Å². The van der Waals surface area contributed by atoms with Crippen LogP contribution in [0, 0.1) is 18.2 Å². The summed E-state index contributed by atoms with van der Waals surface area (Å²) in [6.45, 7) is -0.0772. The van der Waals surface area contributed by atoms with E-state index < -0.39 is 23.3 Å². The molecule has 18 heavy (non-hydrogen) atoms. The predicted octanol–water partition coefficient (Wildman–Crippen LogP) is 2.25. The molecule has 0 spiro atoms. The van der Waals surface area contributed by atoms with Crippen LogP contribution in [0.25, 0.3) is 0 Å². The first kappa shape index (κ1) is 14.2. The molecule has 0 amide bonds. The second-order valence-electron chi connectivity index (χ2n) is 3.42. The van der Waals surface area contributed by atoms with Crippen LogP contribution in [0.3, 0.4) is 0 Å². The smallest absolute Gasteiger partial charge is 0.299 e. The number of carbonyl (C=O) groups excluding carboxylic acids is 1. The summed E-state index contributed by atoms with van der Waals surface area (Å²) in [5.74, 6) is 0.222. The van der Waals surface area contributed by atoms with Crippen LogP contribution in [-0.4, -0.2) is 18.9 Å². The number of Topliss-reactive ketones (excluding diaryl/α,β-unsaturated/α-hetero) is 1. The number of hydrogen-bond donors (Lipinski definition) is 1. The number of rotatable bonds is 4. The maximum Gasteiger partial charge on any atom is 0.419 e. The van der Waals surface area contributed by atoms with E-state index in [0.717, 1.165) is 6.07 Å². The highest BCUT2D eigenvalue weighted by Crippen LogP contribution is 2.31. The Bertz CT molecular complexity index is 488. The summed E-state index contributed by atoms with van der Waals surface area (Å²) in [7, 11) is 0. The first-order chi connectivity index (χ1) is 8.36. The second kappa shape index (κ2) is 5.65. The average molecular weight is 259 g/mol. The highest BCUT2D eigenvalue weighted by atomic mass is 19.4. The lowest BCUT2D eigenvalue weighted by Gasteiger charge is -2.09. The zero-order chi connectivity index (χ0) is 13.8. The molecule has 0 unspecified atom stereocenters. The fourth-order valence-corrected chi connectivity index (χ4v) is 1.27. The van der Waals surface area contributed by atoms with Gasteiger partial charge in [-0.15, -0.1) is 6.42 Å². The molecular weight excluding hydrogens is 250 g/mol. The zero-order valence-corrected chi connectivity index (χ0v) is 9.14. The molecule has 0 saturated heterocycles. The minimum absolute atomic E-state index is 0.124. The maximum atomic E-state index is 13.0. The summed E-state index contributed by atoms with van der Waals surface area (Å²) in [5.41, 5.74) is -1.67. The summed E-state index contributed by atoms with van der Waals surface area (Å²) in [5, 5.41) is 2.55. The molecule has 0 saturated carbocycles. The van der Waals surface area contributed by atoms with Crippen molar-refractivity contribution in [2.75, 3.05) is 13.1 Å². The van der Waals surface area contributed by atoms with Crippen LogP contribution in [0.2, 0.25) is 0 Å². The van der Waals surface area contributed by atoms with Crippen molar-refractivity contribution in [2.24, 2.45) is 0 Å². The van der Waals surface area contributed by atoms with Gasteiger partial charge in [-0.3, -0.25) is 10.1 Å². The summed E-state index contributed by atoms with van der Waals surface area (Å²) in [4.78, 5) is 11.5. The minimum atomic E-state index is -4.83. The molecule has 0 fully saturated rings. The lowest BCUT2D eigenvalue weighted by atomic mass is 10.1. The van der Waals surface area contributed by atoms with Gasteiger partial charge in [-0.2, -0.15) is 13.2 Å². The molecule has 2 nitrogen and oxygen atoms in total. The highest BCUT2D eigenvalue weighted by Gasteiger charge is 2.34. The van der Waals surface area contributed by atoms with Gasteiger partial charge in [0.25, 0.3) is 0 Å². The molecule has 0 aliphatic carbocycles. The van der Waals surface area contributed by atoms with E-state index in [4.69, 9.17) is 6.42 Å². The molecule has 6 heteroatoms. The molecule has 1 N–H and O–H groups in total. The van der Waals surface area contributed by atoms with Gasteiger partial charge in [-0.25, -0.2) is 4.39 Å². The van der Waals surface area contributed by atoms with Gasteiger partial charge in [0.05, 0.1) is 18.7 Å². The van der Waals surface area contributed by atoms with E-state index in [0.29, 0.717) is 12.1 Å². The molecule has 1 rings (SSSR count). The van der Waals surface area contributed by atoms with Crippen molar-refractivity contribution in [3.05, 3.63) is 35.1 Å². The van der Waals surface area contributed by atoms with E-state index in [2.05, 4.69) is 11.2 Å². The second-order valence-corrected chi connectivity index (χ2v) is 3.42. The maximum absolute atomic E-state index is 13.0. The summed E-state index contributed by atoms with van der Waals surface area (Å²) in [6, 6.07) is 2.12. The van der Waals surface area contributed by atoms with E-state index in [9.17, 15) is 22.4 Å². The number of carbonyl (C=O) groups is 1. The Hall–Kier alpha value is -1.87. The van der Waals surface area contributed by atoms with Crippen LogP contribution in [0.4, 0.5) is 17.6 Å². The van der Waals surface area contributed by atoms with Gasteiger partial charge in [0.2, 0.25) is 0 Å². The summed E-state index contributed by atoms with van der Waals surface area (Å²) in [6.07, 6.45) is 0.106. The van der Waals surface area contributed by atoms with Gasteiger partial charge < -0.3 is 0 Å². The molecule has 0 heterocycles. The molecule has 1 aromatic rings. The van der Waals surface area contributed by atoms with Crippen molar-refractivity contribution in [1.29, 1.82) is 0 Å².